The van der Waals surface area contributed by atoms with E-state index in [0.717, 1.165) is 12.1 Å². The van der Waals surface area contributed by atoms with Crippen molar-refractivity contribution in [2.75, 3.05) is 13.2 Å². The van der Waals surface area contributed by atoms with E-state index in [0.29, 0.717) is 24.7 Å². The van der Waals surface area contributed by atoms with Gasteiger partial charge >= 0.3 is 6.18 Å². The van der Waals surface area contributed by atoms with Gasteiger partial charge in [-0.15, -0.1) is 0 Å². The van der Waals surface area contributed by atoms with Gasteiger partial charge in [0, 0.05) is 6.61 Å². The van der Waals surface area contributed by atoms with Crippen LogP contribution in [0.4, 0.5) is 13.2 Å². The van der Waals surface area contributed by atoms with Crippen molar-refractivity contribution in [2.24, 2.45) is 11.7 Å². The zero-order chi connectivity index (χ0) is 15.3. The number of nitrogens with two attached hydrogens (primary N) is 1. The second kappa shape index (κ2) is 7.27. The molecule has 1 fully saturated rings. The van der Waals surface area contributed by atoms with Gasteiger partial charge in [-0.3, -0.25) is 0 Å². The summed E-state index contributed by atoms with van der Waals surface area (Å²) in [6.07, 6.45) is 1.94. The van der Waals surface area contributed by atoms with E-state index in [2.05, 4.69) is 0 Å². The van der Waals surface area contributed by atoms with Crippen molar-refractivity contribution in [3.63, 3.8) is 0 Å². The molecule has 1 aliphatic rings. The van der Waals surface area contributed by atoms with Crippen LogP contribution in [0, 0.1) is 5.92 Å². The molecular weight excluding hydrogens is 279 g/mol. The molecule has 118 valence electrons. The van der Waals surface area contributed by atoms with Gasteiger partial charge in [0.15, 0.2) is 0 Å². The molecule has 0 saturated heterocycles. The topological polar surface area (TPSA) is 35.2 Å². The van der Waals surface area contributed by atoms with Gasteiger partial charge in [0.05, 0.1) is 18.2 Å². The Morgan fingerprint density at radius 2 is 1.71 bits per heavy atom. The number of ether oxygens (including phenoxy) is 1. The highest BCUT2D eigenvalue weighted by molar-refractivity contribution is 5.26. The van der Waals surface area contributed by atoms with Crippen LogP contribution < -0.4 is 5.73 Å². The monoisotopic (exact) mass is 301 g/mol. The average Bonchev–Trinajstić information content (AvgIpc) is 2.47. The molecule has 2 rings (SSSR count). The molecule has 1 unspecified atom stereocenters. The van der Waals surface area contributed by atoms with Crippen LogP contribution >= 0.6 is 0 Å². The summed E-state index contributed by atoms with van der Waals surface area (Å²) in [4.78, 5) is 0. The second-order valence-electron chi connectivity index (χ2n) is 5.77. The maximum absolute atomic E-state index is 12.5. The average molecular weight is 301 g/mol. The predicted molar refractivity (Wildman–Crippen MR) is 75.8 cm³/mol. The highest BCUT2D eigenvalue weighted by Gasteiger charge is 2.30. The Balaban J connectivity index is 1.78. The molecule has 1 aromatic rings. The fourth-order valence-electron chi connectivity index (χ4n) is 2.73. The summed E-state index contributed by atoms with van der Waals surface area (Å²) in [6, 6.07) is 4.61. The number of hydrogen-bond donors (Lipinski definition) is 1. The Morgan fingerprint density at radius 1 is 1.10 bits per heavy atom. The van der Waals surface area contributed by atoms with Crippen LogP contribution in [-0.2, 0) is 10.9 Å². The first-order chi connectivity index (χ1) is 9.97. The SMILES string of the molecule is NC(COCC1CCCCC1)c1ccc(C(F)(F)F)cc1. The summed E-state index contributed by atoms with van der Waals surface area (Å²) in [7, 11) is 0. The van der Waals surface area contributed by atoms with Gasteiger partial charge in [0.2, 0.25) is 0 Å². The summed E-state index contributed by atoms with van der Waals surface area (Å²) in [5, 5.41) is 0. The third-order valence-electron chi connectivity index (χ3n) is 4.04. The fraction of sp³-hybridized carbons (Fsp3) is 0.625. The van der Waals surface area contributed by atoms with E-state index in [4.69, 9.17) is 10.5 Å². The van der Waals surface area contributed by atoms with E-state index in [9.17, 15) is 13.2 Å². The van der Waals surface area contributed by atoms with Crippen LogP contribution in [0.2, 0.25) is 0 Å². The Bertz CT molecular complexity index is 424. The predicted octanol–water partition coefficient (Wildman–Crippen LogP) is 4.30. The van der Waals surface area contributed by atoms with Crippen molar-refractivity contribution >= 4 is 0 Å². The van der Waals surface area contributed by atoms with Crippen molar-refractivity contribution in [3.05, 3.63) is 35.4 Å². The van der Waals surface area contributed by atoms with Crippen LogP contribution in [0.25, 0.3) is 0 Å². The van der Waals surface area contributed by atoms with E-state index in [1.165, 1.54) is 44.2 Å². The molecule has 2 nitrogen and oxygen atoms in total. The Morgan fingerprint density at radius 3 is 2.29 bits per heavy atom. The van der Waals surface area contributed by atoms with Gasteiger partial charge in [-0.2, -0.15) is 13.2 Å². The third-order valence-corrected chi connectivity index (χ3v) is 4.04. The Labute approximate surface area is 123 Å². The lowest BCUT2D eigenvalue weighted by Crippen LogP contribution is -2.21. The van der Waals surface area contributed by atoms with E-state index in [1.54, 1.807) is 0 Å². The first-order valence-electron chi connectivity index (χ1n) is 7.47. The van der Waals surface area contributed by atoms with Gasteiger partial charge in [-0.1, -0.05) is 31.4 Å². The van der Waals surface area contributed by atoms with Gasteiger partial charge < -0.3 is 10.5 Å². The van der Waals surface area contributed by atoms with Crippen LogP contribution in [0.1, 0.15) is 49.3 Å². The maximum atomic E-state index is 12.5. The summed E-state index contributed by atoms with van der Waals surface area (Å²) < 4.78 is 43.1. The largest absolute Gasteiger partial charge is 0.416 e. The quantitative estimate of drug-likeness (QED) is 0.880. The lowest BCUT2D eigenvalue weighted by Gasteiger charge is -2.22. The molecule has 0 heterocycles. The van der Waals surface area contributed by atoms with Crippen molar-refractivity contribution in [1.29, 1.82) is 0 Å². The van der Waals surface area contributed by atoms with E-state index in [1.807, 2.05) is 0 Å². The van der Waals surface area contributed by atoms with Crippen molar-refractivity contribution < 1.29 is 17.9 Å². The molecule has 0 amide bonds. The molecule has 1 aromatic carbocycles. The van der Waals surface area contributed by atoms with Crippen LogP contribution in [-0.4, -0.2) is 13.2 Å². The maximum Gasteiger partial charge on any atom is 0.416 e. The zero-order valence-corrected chi connectivity index (χ0v) is 12.0. The molecule has 1 aliphatic carbocycles. The summed E-state index contributed by atoms with van der Waals surface area (Å²) in [6.45, 7) is 1.05. The molecule has 0 aliphatic heterocycles. The molecule has 0 spiro atoms. The van der Waals surface area contributed by atoms with Gasteiger partial charge in [0.25, 0.3) is 0 Å². The van der Waals surface area contributed by atoms with Crippen LogP contribution in [0.15, 0.2) is 24.3 Å². The van der Waals surface area contributed by atoms with Gasteiger partial charge in [-0.25, -0.2) is 0 Å². The normalized spacial score (nSPS) is 18.7. The number of benzene rings is 1. The molecule has 1 saturated carbocycles. The Hall–Kier alpha value is -1.07. The summed E-state index contributed by atoms with van der Waals surface area (Å²) in [5.41, 5.74) is 5.98. The standard InChI is InChI=1S/C16H22F3NO/c17-16(18,19)14-8-6-13(7-9-14)15(20)11-21-10-12-4-2-1-3-5-12/h6-9,12,15H,1-5,10-11,20H2. The van der Waals surface area contributed by atoms with Crippen LogP contribution in [0.3, 0.4) is 0 Å². The number of halogens is 3. The zero-order valence-electron chi connectivity index (χ0n) is 12.0. The van der Waals surface area contributed by atoms with Crippen molar-refractivity contribution in [2.45, 2.75) is 44.3 Å². The Kier molecular flexibility index (Phi) is 5.65. The fourth-order valence-corrected chi connectivity index (χ4v) is 2.73. The van der Waals surface area contributed by atoms with E-state index >= 15 is 0 Å². The summed E-state index contributed by atoms with van der Waals surface area (Å²) >= 11 is 0. The smallest absolute Gasteiger partial charge is 0.379 e. The minimum atomic E-state index is -4.31. The number of alkyl halides is 3. The first-order valence-corrected chi connectivity index (χ1v) is 7.47. The van der Waals surface area contributed by atoms with E-state index in [-0.39, 0.29) is 6.04 Å². The molecule has 0 radical (unpaired) electrons. The molecule has 21 heavy (non-hydrogen) atoms. The minimum Gasteiger partial charge on any atom is -0.379 e. The molecule has 5 heteroatoms. The molecule has 0 aromatic heterocycles. The first kappa shape index (κ1) is 16.3. The van der Waals surface area contributed by atoms with Gasteiger partial charge in [-0.05, 0) is 36.5 Å². The molecule has 2 N–H and O–H groups in total. The van der Waals surface area contributed by atoms with Crippen molar-refractivity contribution in [1.82, 2.24) is 0 Å². The van der Waals surface area contributed by atoms with Crippen molar-refractivity contribution in [3.8, 4) is 0 Å². The molecule has 0 bridgehead atoms. The lowest BCUT2D eigenvalue weighted by molar-refractivity contribution is -0.137. The minimum absolute atomic E-state index is 0.349. The van der Waals surface area contributed by atoms with E-state index < -0.39 is 11.7 Å². The lowest BCUT2D eigenvalue weighted by atomic mass is 9.90. The highest BCUT2D eigenvalue weighted by Crippen LogP contribution is 2.30. The molecule has 1 atom stereocenters. The van der Waals surface area contributed by atoms with Gasteiger partial charge in [0.1, 0.15) is 0 Å². The highest BCUT2D eigenvalue weighted by atomic mass is 19.4. The summed E-state index contributed by atoms with van der Waals surface area (Å²) in [5.74, 6) is 0.610. The molecular formula is C16H22F3NO. The number of hydrogen-bond acceptors (Lipinski definition) is 2. The third kappa shape index (κ3) is 5.00. The number of rotatable bonds is 5. The second-order valence-corrected chi connectivity index (χ2v) is 5.77. The van der Waals surface area contributed by atoms with Crippen LogP contribution in [0.5, 0.6) is 0 Å².